The van der Waals surface area contributed by atoms with Gasteiger partial charge in [0.1, 0.15) is 4.90 Å². The van der Waals surface area contributed by atoms with Gasteiger partial charge in [-0.2, -0.15) is 0 Å². The Morgan fingerprint density at radius 1 is 1.25 bits per heavy atom. The van der Waals surface area contributed by atoms with E-state index in [9.17, 15) is 8.42 Å². The molecule has 112 valence electrons. The van der Waals surface area contributed by atoms with Gasteiger partial charge >= 0.3 is 0 Å². The van der Waals surface area contributed by atoms with Crippen LogP contribution < -0.4 is 16.0 Å². The summed E-state index contributed by atoms with van der Waals surface area (Å²) in [5.41, 5.74) is 2.26. The second kappa shape index (κ2) is 6.02. The van der Waals surface area contributed by atoms with E-state index >= 15 is 0 Å². The molecule has 0 aliphatic heterocycles. The van der Waals surface area contributed by atoms with Gasteiger partial charge in [-0.25, -0.2) is 29.0 Å². The number of nitrogens with one attached hydrogen (secondary N) is 2. The van der Waals surface area contributed by atoms with E-state index < -0.39 is 10.0 Å². The molecular formula is C12H21N5O2S. The Morgan fingerprint density at radius 3 is 2.50 bits per heavy atom. The topological polar surface area (TPSA) is 110 Å². The molecule has 0 spiro atoms. The number of nitrogen functional groups attached to an aromatic ring is 1. The van der Waals surface area contributed by atoms with Crippen LogP contribution >= 0.6 is 0 Å². The van der Waals surface area contributed by atoms with Crippen LogP contribution in [0, 0.1) is 11.8 Å². The van der Waals surface area contributed by atoms with E-state index in [4.69, 9.17) is 5.84 Å². The molecule has 4 N–H and O–H groups in total. The SMILES string of the molecule is CC1CCCC(NS(=O)(=O)c2cnc(NN)nc2)C1C. The molecule has 20 heavy (non-hydrogen) atoms. The summed E-state index contributed by atoms with van der Waals surface area (Å²) in [6.45, 7) is 4.25. The van der Waals surface area contributed by atoms with Gasteiger partial charge in [-0.1, -0.05) is 26.7 Å². The van der Waals surface area contributed by atoms with Crippen molar-refractivity contribution in [2.45, 2.75) is 44.0 Å². The lowest BCUT2D eigenvalue weighted by atomic mass is 9.78. The van der Waals surface area contributed by atoms with Crippen molar-refractivity contribution in [3.63, 3.8) is 0 Å². The van der Waals surface area contributed by atoms with E-state index in [0.29, 0.717) is 11.8 Å². The number of aromatic nitrogens is 2. The predicted molar refractivity (Wildman–Crippen MR) is 76.1 cm³/mol. The Balaban J connectivity index is 2.13. The molecule has 2 rings (SSSR count). The first-order valence-electron chi connectivity index (χ1n) is 6.75. The minimum absolute atomic E-state index is 0.0314. The highest BCUT2D eigenvalue weighted by Crippen LogP contribution is 2.30. The number of hydrazine groups is 1. The molecule has 1 fully saturated rings. The fraction of sp³-hybridized carbons (Fsp3) is 0.667. The standard InChI is InChI=1S/C12H21N5O2S/c1-8-4-3-5-11(9(8)2)17-20(18,19)10-6-14-12(16-13)15-7-10/h6-9,11,17H,3-5,13H2,1-2H3,(H,14,15,16). The lowest BCUT2D eigenvalue weighted by Crippen LogP contribution is -2.43. The smallest absolute Gasteiger partial charge is 0.243 e. The van der Waals surface area contributed by atoms with Gasteiger partial charge < -0.3 is 0 Å². The zero-order chi connectivity index (χ0) is 14.8. The van der Waals surface area contributed by atoms with Crippen LogP contribution in [-0.4, -0.2) is 24.4 Å². The normalized spacial score (nSPS) is 27.2. The molecule has 3 unspecified atom stereocenters. The molecule has 0 radical (unpaired) electrons. The van der Waals surface area contributed by atoms with Gasteiger partial charge in [-0.3, -0.25) is 5.43 Å². The van der Waals surface area contributed by atoms with E-state index in [-0.39, 0.29) is 16.9 Å². The number of nitrogens with two attached hydrogens (primary N) is 1. The Kier molecular flexibility index (Phi) is 4.56. The fourth-order valence-corrected chi connectivity index (χ4v) is 3.80. The molecule has 0 amide bonds. The first kappa shape index (κ1) is 15.1. The van der Waals surface area contributed by atoms with Crippen molar-refractivity contribution in [2.75, 3.05) is 5.43 Å². The van der Waals surface area contributed by atoms with E-state index in [1.165, 1.54) is 12.4 Å². The minimum Gasteiger partial charge on any atom is -0.292 e. The maximum Gasteiger partial charge on any atom is 0.243 e. The molecule has 1 aromatic rings. The fourth-order valence-electron chi connectivity index (χ4n) is 2.55. The monoisotopic (exact) mass is 299 g/mol. The Morgan fingerprint density at radius 2 is 1.90 bits per heavy atom. The molecule has 7 nitrogen and oxygen atoms in total. The van der Waals surface area contributed by atoms with E-state index in [1.807, 2.05) is 0 Å². The largest absolute Gasteiger partial charge is 0.292 e. The summed E-state index contributed by atoms with van der Waals surface area (Å²) < 4.78 is 27.4. The molecule has 1 aliphatic rings. The molecule has 0 bridgehead atoms. The lowest BCUT2D eigenvalue weighted by Gasteiger charge is -2.34. The zero-order valence-corrected chi connectivity index (χ0v) is 12.5. The highest BCUT2D eigenvalue weighted by Gasteiger charge is 2.30. The highest BCUT2D eigenvalue weighted by molar-refractivity contribution is 7.89. The van der Waals surface area contributed by atoms with Gasteiger partial charge in [0.25, 0.3) is 0 Å². The summed E-state index contributed by atoms with van der Waals surface area (Å²) in [6.07, 6.45) is 5.57. The number of hydrogen-bond donors (Lipinski definition) is 3. The first-order chi connectivity index (χ1) is 9.44. The summed E-state index contributed by atoms with van der Waals surface area (Å²) in [6, 6.07) is -0.0314. The van der Waals surface area contributed by atoms with Gasteiger partial charge in [0.05, 0.1) is 12.4 Å². The van der Waals surface area contributed by atoms with E-state index in [0.717, 1.165) is 19.3 Å². The maximum absolute atomic E-state index is 12.3. The number of sulfonamides is 1. The molecule has 8 heteroatoms. The van der Waals surface area contributed by atoms with Crippen LogP contribution in [0.5, 0.6) is 0 Å². The van der Waals surface area contributed by atoms with Gasteiger partial charge in [0, 0.05) is 6.04 Å². The van der Waals surface area contributed by atoms with Crippen molar-refractivity contribution < 1.29 is 8.42 Å². The molecule has 1 saturated carbocycles. The van der Waals surface area contributed by atoms with Crippen molar-refractivity contribution in [1.29, 1.82) is 0 Å². The van der Waals surface area contributed by atoms with Crippen molar-refractivity contribution in [3.05, 3.63) is 12.4 Å². The predicted octanol–water partition coefficient (Wildman–Crippen LogP) is 0.865. The van der Waals surface area contributed by atoms with E-state index in [1.54, 1.807) is 0 Å². The average molecular weight is 299 g/mol. The molecule has 3 atom stereocenters. The van der Waals surface area contributed by atoms with Crippen LogP contribution in [0.4, 0.5) is 5.95 Å². The Hall–Kier alpha value is -1.25. The van der Waals surface area contributed by atoms with Crippen LogP contribution in [0.25, 0.3) is 0 Å². The van der Waals surface area contributed by atoms with Crippen LogP contribution in [0.15, 0.2) is 17.3 Å². The minimum atomic E-state index is -3.58. The first-order valence-corrected chi connectivity index (χ1v) is 8.23. The van der Waals surface area contributed by atoms with Gasteiger partial charge in [-0.05, 0) is 18.3 Å². The van der Waals surface area contributed by atoms with Gasteiger partial charge in [-0.15, -0.1) is 0 Å². The number of rotatable bonds is 4. The third kappa shape index (κ3) is 3.25. The second-order valence-corrected chi connectivity index (χ2v) is 7.10. The number of anilines is 1. The third-order valence-electron chi connectivity index (χ3n) is 4.08. The van der Waals surface area contributed by atoms with Crippen molar-refractivity contribution in [3.8, 4) is 0 Å². The quantitative estimate of drug-likeness (QED) is 0.562. The number of nitrogens with zero attached hydrogens (tertiary/aromatic N) is 2. The molecule has 0 aromatic carbocycles. The van der Waals surface area contributed by atoms with Crippen molar-refractivity contribution >= 4 is 16.0 Å². The van der Waals surface area contributed by atoms with Crippen LogP contribution in [0.2, 0.25) is 0 Å². The summed E-state index contributed by atoms with van der Waals surface area (Å²) >= 11 is 0. The van der Waals surface area contributed by atoms with E-state index in [2.05, 4.69) is 34.0 Å². The second-order valence-electron chi connectivity index (χ2n) is 5.38. The lowest BCUT2D eigenvalue weighted by molar-refractivity contribution is 0.227. The third-order valence-corrected chi connectivity index (χ3v) is 5.53. The molecule has 1 heterocycles. The molecular weight excluding hydrogens is 278 g/mol. The summed E-state index contributed by atoms with van der Waals surface area (Å²) in [5.74, 6) is 6.18. The average Bonchev–Trinajstić information content (AvgIpc) is 2.44. The summed E-state index contributed by atoms with van der Waals surface area (Å²) in [5, 5.41) is 0. The maximum atomic E-state index is 12.3. The van der Waals surface area contributed by atoms with Gasteiger partial charge in [0.15, 0.2) is 0 Å². The van der Waals surface area contributed by atoms with Gasteiger partial charge in [0.2, 0.25) is 16.0 Å². The van der Waals surface area contributed by atoms with Crippen molar-refractivity contribution in [1.82, 2.24) is 14.7 Å². The van der Waals surface area contributed by atoms with Crippen LogP contribution in [0.1, 0.15) is 33.1 Å². The molecule has 1 aromatic heterocycles. The molecule has 1 aliphatic carbocycles. The molecule has 0 saturated heterocycles. The Labute approximate surface area is 119 Å². The number of hydrogen-bond acceptors (Lipinski definition) is 6. The summed E-state index contributed by atoms with van der Waals surface area (Å²) in [4.78, 5) is 7.71. The van der Waals surface area contributed by atoms with Crippen molar-refractivity contribution in [2.24, 2.45) is 17.7 Å². The highest BCUT2D eigenvalue weighted by atomic mass is 32.2. The Bertz CT molecular complexity index is 545. The van der Waals surface area contributed by atoms with Crippen LogP contribution in [0.3, 0.4) is 0 Å². The summed E-state index contributed by atoms with van der Waals surface area (Å²) in [7, 11) is -3.58. The zero-order valence-electron chi connectivity index (χ0n) is 11.7. The van der Waals surface area contributed by atoms with Crippen LogP contribution in [-0.2, 0) is 10.0 Å².